The Morgan fingerprint density at radius 1 is 1.17 bits per heavy atom. The molecular weight excluding hydrogens is 374 g/mol. The molecule has 0 aliphatic carbocycles. The first-order chi connectivity index (χ1) is 13.7. The molecule has 29 heavy (non-hydrogen) atoms. The van der Waals surface area contributed by atoms with Crippen molar-refractivity contribution < 1.29 is 28.3 Å². The number of aryl methyl sites for hydroxylation is 2. The number of Topliss-reactive ketones (excluding diaryl/α,β-unsaturated/α-hetero) is 1. The van der Waals surface area contributed by atoms with Crippen LogP contribution in [0.25, 0.3) is 11.0 Å². The number of nitrogens with one attached hydrogen (secondary N) is 1. The van der Waals surface area contributed by atoms with Crippen molar-refractivity contribution in [3.05, 3.63) is 58.1 Å². The fraction of sp³-hybridized carbons (Fsp3) is 0.318. The first-order valence-electron chi connectivity index (χ1n) is 9.20. The Balaban J connectivity index is 1.72. The number of esters is 2. The van der Waals surface area contributed by atoms with E-state index in [9.17, 15) is 14.4 Å². The molecule has 0 saturated carbocycles. The normalized spacial score (nSPS) is 12.0. The fourth-order valence-electron chi connectivity index (χ4n) is 3.38. The monoisotopic (exact) mass is 397 g/mol. The molecule has 7 heteroatoms. The third-order valence-electron chi connectivity index (χ3n) is 4.90. The second kappa shape index (κ2) is 7.95. The minimum absolute atomic E-state index is 0.0101. The van der Waals surface area contributed by atoms with Gasteiger partial charge < -0.3 is 18.9 Å². The smallest absolute Gasteiger partial charge is 0.339 e. The number of furan rings is 1. The van der Waals surface area contributed by atoms with Gasteiger partial charge in [-0.3, -0.25) is 9.59 Å². The molecule has 3 aromatic rings. The molecule has 0 saturated heterocycles. The lowest BCUT2D eigenvalue weighted by Gasteiger charge is -2.12. The Bertz CT molecular complexity index is 1100. The first kappa shape index (κ1) is 20.4. The highest BCUT2D eigenvalue weighted by atomic mass is 16.5. The van der Waals surface area contributed by atoms with E-state index in [2.05, 4.69) is 4.98 Å². The van der Waals surface area contributed by atoms with E-state index >= 15 is 0 Å². The molecule has 2 heterocycles. The molecule has 1 unspecified atom stereocenters. The molecule has 1 aromatic carbocycles. The predicted octanol–water partition coefficient (Wildman–Crippen LogP) is 3.83. The van der Waals surface area contributed by atoms with Gasteiger partial charge in [0.1, 0.15) is 5.58 Å². The van der Waals surface area contributed by atoms with Gasteiger partial charge in [0.15, 0.2) is 6.10 Å². The molecule has 0 bridgehead atoms. The van der Waals surface area contributed by atoms with Crippen LogP contribution in [0.15, 0.2) is 28.9 Å². The summed E-state index contributed by atoms with van der Waals surface area (Å²) in [5.41, 5.74) is 3.99. The quantitative estimate of drug-likeness (QED) is 0.501. The van der Waals surface area contributed by atoms with Crippen LogP contribution in [0.5, 0.6) is 0 Å². The van der Waals surface area contributed by atoms with Crippen molar-refractivity contribution >= 4 is 28.7 Å². The van der Waals surface area contributed by atoms with Crippen LogP contribution in [-0.2, 0) is 20.7 Å². The van der Waals surface area contributed by atoms with E-state index in [1.807, 2.05) is 25.1 Å². The molecule has 0 amide bonds. The summed E-state index contributed by atoms with van der Waals surface area (Å²) in [7, 11) is 1.28. The molecule has 0 fully saturated rings. The third-order valence-corrected chi connectivity index (χ3v) is 4.90. The number of rotatable bonds is 6. The van der Waals surface area contributed by atoms with E-state index in [0.29, 0.717) is 28.0 Å². The van der Waals surface area contributed by atoms with Crippen LogP contribution in [0, 0.1) is 20.8 Å². The summed E-state index contributed by atoms with van der Waals surface area (Å²) in [4.78, 5) is 39.9. The number of ether oxygens (including phenoxy) is 2. The topological polar surface area (TPSA) is 98.6 Å². The Kier molecular flexibility index (Phi) is 5.59. The average Bonchev–Trinajstić information content (AvgIpc) is 3.20. The minimum atomic E-state index is -1.01. The van der Waals surface area contributed by atoms with Gasteiger partial charge in [0.25, 0.3) is 0 Å². The van der Waals surface area contributed by atoms with Gasteiger partial charge in [-0.2, -0.15) is 0 Å². The minimum Gasteiger partial charge on any atom is -0.465 e. The van der Waals surface area contributed by atoms with Crippen LogP contribution in [-0.4, -0.2) is 35.9 Å². The largest absolute Gasteiger partial charge is 0.465 e. The highest BCUT2D eigenvalue weighted by Crippen LogP contribution is 2.24. The Hall–Kier alpha value is -3.35. The molecule has 0 aliphatic heterocycles. The van der Waals surface area contributed by atoms with E-state index in [0.717, 1.165) is 10.9 Å². The van der Waals surface area contributed by atoms with Crippen molar-refractivity contribution in [3.63, 3.8) is 0 Å². The first-order valence-corrected chi connectivity index (χ1v) is 9.20. The molecule has 0 aliphatic rings. The average molecular weight is 397 g/mol. The molecule has 152 valence electrons. The van der Waals surface area contributed by atoms with Gasteiger partial charge in [-0.05, 0) is 44.9 Å². The van der Waals surface area contributed by atoms with Crippen LogP contribution >= 0.6 is 0 Å². The number of carbonyl (C=O) groups excluding carboxylic acids is 3. The molecule has 0 radical (unpaired) electrons. The zero-order valence-corrected chi connectivity index (χ0v) is 17.0. The molecule has 1 N–H and O–H groups in total. The number of methoxy groups -OCH3 is 1. The van der Waals surface area contributed by atoms with Crippen molar-refractivity contribution in [2.24, 2.45) is 0 Å². The zero-order valence-electron chi connectivity index (χ0n) is 17.0. The Morgan fingerprint density at radius 2 is 1.90 bits per heavy atom. The maximum Gasteiger partial charge on any atom is 0.339 e. The van der Waals surface area contributed by atoms with E-state index in [-0.39, 0.29) is 12.1 Å². The number of ketones is 1. The molecule has 0 spiro atoms. The summed E-state index contributed by atoms with van der Waals surface area (Å²) in [6, 6.07) is 5.73. The van der Waals surface area contributed by atoms with Crippen molar-refractivity contribution in [2.75, 3.05) is 7.11 Å². The second-order valence-corrected chi connectivity index (χ2v) is 7.05. The summed E-state index contributed by atoms with van der Waals surface area (Å²) in [5, 5.41) is 0.838. The SMILES string of the molecule is COC(=O)c1c(C)[nH]c(C(=O)C(C)OC(=O)Cc2coc3cc(C)ccc23)c1C. The maximum atomic E-state index is 12.8. The fourth-order valence-corrected chi connectivity index (χ4v) is 3.38. The van der Waals surface area contributed by atoms with Gasteiger partial charge in [-0.15, -0.1) is 0 Å². The highest BCUT2D eigenvalue weighted by Gasteiger charge is 2.27. The highest BCUT2D eigenvalue weighted by molar-refractivity contribution is 6.04. The molecule has 7 nitrogen and oxygen atoms in total. The summed E-state index contributed by atoms with van der Waals surface area (Å²) < 4.78 is 15.6. The molecule has 1 atom stereocenters. The number of hydrogen-bond donors (Lipinski definition) is 1. The predicted molar refractivity (Wildman–Crippen MR) is 106 cm³/mol. The van der Waals surface area contributed by atoms with Crippen LogP contribution < -0.4 is 0 Å². The second-order valence-electron chi connectivity index (χ2n) is 7.05. The van der Waals surface area contributed by atoms with Gasteiger partial charge in [0.05, 0.1) is 31.1 Å². The van der Waals surface area contributed by atoms with Crippen LogP contribution in [0.2, 0.25) is 0 Å². The van der Waals surface area contributed by atoms with Crippen molar-refractivity contribution in [1.29, 1.82) is 0 Å². The zero-order chi connectivity index (χ0) is 21.3. The number of aromatic amines is 1. The molecule has 2 aromatic heterocycles. The van der Waals surface area contributed by atoms with Crippen molar-refractivity contribution in [1.82, 2.24) is 4.98 Å². The number of aromatic nitrogens is 1. The molecule has 3 rings (SSSR count). The standard InChI is InChI=1S/C22H23NO6/c1-11-6-7-16-15(10-28-17(16)8-11)9-18(24)29-14(4)21(25)20-12(2)19(13(3)23-20)22(26)27-5/h6-8,10,14,23H,9H2,1-5H3. The Morgan fingerprint density at radius 3 is 2.59 bits per heavy atom. The van der Waals surface area contributed by atoms with E-state index in [1.54, 1.807) is 13.8 Å². The number of carbonyl (C=O) groups is 3. The summed E-state index contributed by atoms with van der Waals surface area (Å²) in [6.07, 6.45) is 0.508. The van der Waals surface area contributed by atoms with Gasteiger partial charge in [0.2, 0.25) is 5.78 Å². The van der Waals surface area contributed by atoms with Crippen LogP contribution in [0.1, 0.15) is 50.2 Å². The lowest BCUT2D eigenvalue weighted by molar-refractivity contribution is -0.145. The number of fused-ring (bicyclic) bond motifs is 1. The lowest BCUT2D eigenvalue weighted by atomic mass is 10.1. The number of hydrogen-bond acceptors (Lipinski definition) is 6. The van der Waals surface area contributed by atoms with E-state index in [4.69, 9.17) is 13.9 Å². The van der Waals surface area contributed by atoms with Gasteiger partial charge in [0, 0.05) is 16.6 Å². The maximum absolute atomic E-state index is 12.8. The van der Waals surface area contributed by atoms with Gasteiger partial charge in [-0.25, -0.2) is 4.79 Å². The number of benzene rings is 1. The number of H-pyrrole nitrogens is 1. The van der Waals surface area contributed by atoms with Crippen molar-refractivity contribution in [3.8, 4) is 0 Å². The van der Waals surface area contributed by atoms with Crippen molar-refractivity contribution in [2.45, 2.75) is 40.2 Å². The Labute approximate surface area is 168 Å². The van der Waals surface area contributed by atoms with Gasteiger partial charge >= 0.3 is 11.9 Å². The summed E-state index contributed by atoms with van der Waals surface area (Å²) in [5.74, 6) is -1.48. The van der Waals surface area contributed by atoms with Gasteiger partial charge in [-0.1, -0.05) is 12.1 Å². The third kappa shape index (κ3) is 3.94. The van der Waals surface area contributed by atoms with E-state index in [1.165, 1.54) is 20.3 Å². The summed E-state index contributed by atoms with van der Waals surface area (Å²) >= 11 is 0. The van der Waals surface area contributed by atoms with E-state index < -0.39 is 23.8 Å². The van der Waals surface area contributed by atoms with Crippen LogP contribution in [0.3, 0.4) is 0 Å². The van der Waals surface area contributed by atoms with Crippen LogP contribution in [0.4, 0.5) is 0 Å². The lowest BCUT2D eigenvalue weighted by Crippen LogP contribution is -2.26. The summed E-state index contributed by atoms with van der Waals surface area (Å²) in [6.45, 7) is 6.79. The molecular formula is C22H23NO6.